The highest BCUT2D eigenvalue weighted by Gasteiger charge is 2.04. The monoisotopic (exact) mass is 264 g/mol. The minimum Gasteiger partial charge on any atom is -0.478 e. The van der Waals surface area contributed by atoms with E-state index < -0.39 is 0 Å². The number of rotatable bonds is 5. The third-order valence-corrected chi connectivity index (χ3v) is 3.16. The molecule has 0 spiro atoms. The molecule has 5 nitrogen and oxygen atoms in total. The van der Waals surface area contributed by atoms with Gasteiger partial charge in [0.25, 0.3) is 0 Å². The maximum atomic E-state index is 5.38. The van der Waals surface area contributed by atoms with Crippen LogP contribution in [-0.4, -0.2) is 21.6 Å². The third-order valence-electron chi connectivity index (χ3n) is 2.19. The quantitative estimate of drug-likeness (QED) is 0.899. The van der Waals surface area contributed by atoms with Crippen molar-refractivity contribution in [3.05, 3.63) is 28.0 Å². The molecule has 0 atom stereocenters. The van der Waals surface area contributed by atoms with Gasteiger partial charge in [0, 0.05) is 17.1 Å². The highest BCUT2D eigenvalue weighted by Crippen LogP contribution is 2.15. The van der Waals surface area contributed by atoms with E-state index in [1.54, 1.807) is 17.4 Å². The molecule has 0 radical (unpaired) electrons. The Morgan fingerprint density at radius 1 is 1.28 bits per heavy atom. The summed E-state index contributed by atoms with van der Waals surface area (Å²) in [6, 6.07) is 1.80. The lowest BCUT2D eigenvalue weighted by molar-refractivity contribution is 0.325. The number of nitrogens with one attached hydrogen (secondary N) is 1. The van der Waals surface area contributed by atoms with Crippen LogP contribution in [0.2, 0.25) is 0 Å². The van der Waals surface area contributed by atoms with E-state index >= 15 is 0 Å². The first kappa shape index (κ1) is 12.8. The molecular formula is C12H16N4OS. The van der Waals surface area contributed by atoms with Crippen LogP contribution in [0, 0.1) is 13.8 Å². The second-order valence-electron chi connectivity index (χ2n) is 3.81. The molecule has 0 aromatic carbocycles. The highest BCUT2D eigenvalue weighted by atomic mass is 32.1. The maximum absolute atomic E-state index is 5.38. The predicted molar refractivity (Wildman–Crippen MR) is 72.1 cm³/mol. The van der Waals surface area contributed by atoms with Gasteiger partial charge in [-0.1, -0.05) is 0 Å². The number of anilines is 1. The molecule has 2 heterocycles. The van der Waals surface area contributed by atoms with E-state index in [-0.39, 0.29) is 0 Å². The van der Waals surface area contributed by atoms with Crippen molar-refractivity contribution in [2.24, 2.45) is 0 Å². The Bertz CT molecular complexity index is 527. The number of thiazole rings is 1. The van der Waals surface area contributed by atoms with Crippen LogP contribution in [0.5, 0.6) is 5.88 Å². The van der Waals surface area contributed by atoms with Crippen LogP contribution < -0.4 is 10.1 Å². The van der Waals surface area contributed by atoms with Gasteiger partial charge in [-0.2, -0.15) is 4.98 Å². The van der Waals surface area contributed by atoms with Crippen molar-refractivity contribution >= 4 is 17.2 Å². The van der Waals surface area contributed by atoms with Crippen LogP contribution in [0.4, 0.5) is 5.82 Å². The average Bonchev–Trinajstić information content (AvgIpc) is 2.72. The Kier molecular flexibility index (Phi) is 4.09. The summed E-state index contributed by atoms with van der Waals surface area (Å²) in [5.74, 6) is 2.06. The minimum atomic E-state index is 0.599. The summed E-state index contributed by atoms with van der Waals surface area (Å²) < 4.78 is 5.38. The second kappa shape index (κ2) is 5.77. The van der Waals surface area contributed by atoms with Gasteiger partial charge >= 0.3 is 0 Å². The fourth-order valence-electron chi connectivity index (χ4n) is 1.50. The van der Waals surface area contributed by atoms with Crippen molar-refractivity contribution in [1.82, 2.24) is 15.0 Å². The fourth-order valence-corrected chi connectivity index (χ4v) is 2.21. The summed E-state index contributed by atoms with van der Waals surface area (Å²) in [6.07, 6.45) is 0. The average molecular weight is 264 g/mol. The van der Waals surface area contributed by atoms with Crippen LogP contribution in [0.3, 0.4) is 0 Å². The first-order valence-electron chi connectivity index (χ1n) is 5.80. The fraction of sp³-hybridized carbons (Fsp3) is 0.417. The van der Waals surface area contributed by atoms with Gasteiger partial charge in [0.1, 0.15) is 16.6 Å². The van der Waals surface area contributed by atoms with E-state index in [0.29, 0.717) is 24.9 Å². The van der Waals surface area contributed by atoms with Gasteiger partial charge in [-0.05, 0) is 20.8 Å². The van der Waals surface area contributed by atoms with Crippen molar-refractivity contribution in [3.8, 4) is 5.88 Å². The SMILES string of the molecule is CCOc1cc(NCc2nc(C)cs2)nc(C)n1. The van der Waals surface area contributed by atoms with Gasteiger partial charge in [0.2, 0.25) is 5.88 Å². The summed E-state index contributed by atoms with van der Waals surface area (Å²) in [4.78, 5) is 12.9. The Morgan fingerprint density at radius 2 is 2.11 bits per heavy atom. The molecule has 0 aliphatic heterocycles. The lowest BCUT2D eigenvalue weighted by Crippen LogP contribution is -2.04. The van der Waals surface area contributed by atoms with Crippen LogP contribution in [-0.2, 0) is 6.54 Å². The van der Waals surface area contributed by atoms with Crippen molar-refractivity contribution in [1.29, 1.82) is 0 Å². The number of ether oxygens (including phenoxy) is 1. The Morgan fingerprint density at radius 3 is 2.78 bits per heavy atom. The first-order chi connectivity index (χ1) is 8.67. The molecule has 0 saturated heterocycles. The summed E-state index contributed by atoms with van der Waals surface area (Å²) in [5, 5.41) is 6.31. The largest absolute Gasteiger partial charge is 0.478 e. The van der Waals surface area contributed by atoms with Gasteiger partial charge in [-0.15, -0.1) is 11.3 Å². The van der Waals surface area contributed by atoms with E-state index in [0.717, 1.165) is 16.5 Å². The molecule has 6 heteroatoms. The van der Waals surface area contributed by atoms with Crippen LogP contribution >= 0.6 is 11.3 Å². The molecule has 96 valence electrons. The normalized spacial score (nSPS) is 10.4. The van der Waals surface area contributed by atoms with Crippen molar-refractivity contribution in [2.45, 2.75) is 27.3 Å². The smallest absolute Gasteiger partial charge is 0.218 e. The molecule has 0 fully saturated rings. The third kappa shape index (κ3) is 3.40. The van der Waals surface area contributed by atoms with Gasteiger partial charge in [0.05, 0.1) is 13.2 Å². The molecule has 0 saturated carbocycles. The lowest BCUT2D eigenvalue weighted by Gasteiger charge is -2.07. The van der Waals surface area contributed by atoms with Crippen molar-refractivity contribution < 1.29 is 4.74 Å². The van der Waals surface area contributed by atoms with E-state index in [1.807, 2.05) is 26.2 Å². The molecule has 0 unspecified atom stereocenters. The molecule has 2 aromatic rings. The highest BCUT2D eigenvalue weighted by molar-refractivity contribution is 7.09. The lowest BCUT2D eigenvalue weighted by atomic mass is 10.5. The van der Waals surface area contributed by atoms with Crippen LogP contribution in [0.25, 0.3) is 0 Å². The van der Waals surface area contributed by atoms with E-state index in [1.165, 1.54) is 0 Å². The number of hydrogen-bond acceptors (Lipinski definition) is 6. The molecule has 2 aromatic heterocycles. The van der Waals surface area contributed by atoms with Gasteiger partial charge < -0.3 is 10.1 Å². The van der Waals surface area contributed by atoms with Crippen molar-refractivity contribution in [3.63, 3.8) is 0 Å². The predicted octanol–water partition coefficient (Wildman–Crippen LogP) is 2.56. The van der Waals surface area contributed by atoms with E-state index in [2.05, 4.69) is 20.3 Å². The molecule has 18 heavy (non-hydrogen) atoms. The standard InChI is InChI=1S/C12H16N4OS/c1-4-17-11-5-10(15-9(3)16-11)13-6-12-14-8(2)7-18-12/h5,7H,4,6H2,1-3H3,(H,13,15,16). The van der Waals surface area contributed by atoms with Gasteiger partial charge in [0.15, 0.2) is 0 Å². The number of aryl methyl sites for hydroxylation is 2. The molecule has 2 rings (SSSR count). The van der Waals surface area contributed by atoms with Crippen LogP contribution in [0.1, 0.15) is 23.4 Å². The maximum Gasteiger partial charge on any atom is 0.218 e. The molecule has 1 N–H and O–H groups in total. The van der Waals surface area contributed by atoms with Crippen LogP contribution in [0.15, 0.2) is 11.4 Å². The second-order valence-corrected chi connectivity index (χ2v) is 4.75. The summed E-state index contributed by atoms with van der Waals surface area (Å²) >= 11 is 1.64. The van der Waals surface area contributed by atoms with E-state index in [4.69, 9.17) is 4.74 Å². The summed E-state index contributed by atoms with van der Waals surface area (Å²) in [7, 11) is 0. The number of nitrogens with zero attached hydrogens (tertiary/aromatic N) is 3. The Balaban J connectivity index is 2.04. The van der Waals surface area contributed by atoms with Gasteiger partial charge in [-0.25, -0.2) is 9.97 Å². The van der Waals surface area contributed by atoms with Crippen molar-refractivity contribution in [2.75, 3.05) is 11.9 Å². The molecule has 0 bridgehead atoms. The molecule has 0 aliphatic carbocycles. The zero-order chi connectivity index (χ0) is 13.0. The van der Waals surface area contributed by atoms with E-state index in [9.17, 15) is 0 Å². The topological polar surface area (TPSA) is 59.9 Å². The minimum absolute atomic E-state index is 0.599. The summed E-state index contributed by atoms with van der Waals surface area (Å²) in [5.41, 5.74) is 1.05. The molecular weight excluding hydrogens is 248 g/mol. The molecule has 0 aliphatic rings. The summed E-state index contributed by atoms with van der Waals surface area (Å²) in [6.45, 7) is 7.04. The first-order valence-corrected chi connectivity index (χ1v) is 6.68. The Labute approximate surface area is 110 Å². The zero-order valence-corrected chi connectivity index (χ0v) is 11.5. The number of aromatic nitrogens is 3. The Hall–Kier alpha value is -1.69. The zero-order valence-electron chi connectivity index (χ0n) is 10.7. The molecule has 0 amide bonds. The van der Waals surface area contributed by atoms with Gasteiger partial charge in [-0.3, -0.25) is 0 Å². The number of hydrogen-bond donors (Lipinski definition) is 1.